The van der Waals surface area contributed by atoms with Gasteiger partial charge in [-0.25, -0.2) is 4.98 Å². The van der Waals surface area contributed by atoms with Crippen molar-refractivity contribution < 1.29 is 0 Å². The number of hydrogen-bond acceptors (Lipinski definition) is 6. The van der Waals surface area contributed by atoms with Gasteiger partial charge in [-0.3, -0.25) is 4.79 Å². The Hall–Kier alpha value is -3.84. The van der Waals surface area contributed by atoms with Gasteiger partial charge in [0.25, 0.3) is 5.56 Å². The first kappa shape index (κ1) is 24.8. The number of aromatic nitrogens is 2. The van der Waals surface area contributed by atoms with Gasteiger partial charge in [-0.05, 0) is 75.6 Å². The summed E-state index contributed by atoms with van der Waals surface area (Å²) in [5.41, 5.74) is 4.34. The highest BCUT2D eigenvalue weighted by molar-refractivity contribution is 5.92. The zero-order valence-electron chi connectivity index (χ0n) is 21.9. The fourth-order valence-electron chi connectivity index (χ4n) is 5.99. The first-order valence-corrected chi connectivity index (χ1v) is 13.3. The molecule has 7 heteroatoms. The van der Waals surface area contributed by atoms with E-state index in [1.54, 1.807) is 19.2 Å². The van der Waals surface area contributed by atoms with Gasteiger partial charge in [0.1, 0.15) is 28.9 Å². The lowest BCUT2D eigenvalue weighted by Crippen LogP contribution is -2.46. The van der Waals surface area contributed by atoms with Crippen molar-refractivity contribution in [2.45, 2.75) is 64.0 Å². The van der Waals surface area contributed by atoms with Gasteiger partial charge >= 0.3 is 0 Å². The van der Waals surface area contributed by atoms with Crippen LogP contribution in [0.3, 0.4) is 0 Å². The molecule has 2 aliphatic rings. The molecule has 2 aliphatic carbocycles. The molecule has 0 bridgehead atoms. The number of fused-ring (bicyclic) bond motifs is 1. The second-order valence-corrected chi connectivity index (χ2v) is 10.7. The van der Waals surface area contributed by atoms with E-state index in [9.17, 15) is 15.3 Å². The number of hydrogen-bond donors (Lipinski definition) is 0. The summed E-state index contributed by atoms with van der Waals surface area (Å²) in [7, 11) is 3.61. The molecule has 37 heavy (non-hydrogen) atoms. The second-order valence-electron chi connectivity index (χ2n) is 10.7. The SMILES string of the molecule is Cc1ccc(N(CC2CCC2)[C@H]2CC[C@H](N(C)c3c(C#N)c(=O)n(C)c4ccc(C#N)nc34)CC2)cc1. The number of nitriles is 2. The molecular formula is C30H34N6O. The van der Waals surface area contributed by atoms with E-state index in [4.69, 9.17) is 0 Å². The zero-order chi connectivity index (χ0) is 26.1. The van der Waals surface area contributed by atoms with Crippen molar-refractivity contribution in [3.05, 3.63) is 63.6 Å². The minimum Gasteiger partial charge on any atom is -0.369 e. The lowest BCUT2D eigenvalue weighted by Gasteiger charge is -2.44. The maximum Gasteiger partial charge on any atom is 0.270 e. The molecule has 2 aromatic heterocycles. The molecule has 7 nitrogen and oxygen atoms in total. The molecule has 0 N–H and O–H groups in total. The van der Waals surface area contributed by atoms with Crippen molar-refractivity contribution in [2.75, 3.05) is 23.4 Å². The Kier molecular flexibility index (Phi) is 6.89. The Morgan fingerprint density at radius 1 is 0.973 bits per heavy atom. The molecule has 0 atom stereocenters. The Morgan fingerprint density at radius 3 is 2.24 bits per heavy atom. The Balaban J connectivity index is 1.42. The van der Waals surface area contributed by atoms with Crippen LogP contribution in [-0.4, -0.2) is 35.2 Å². The summed E-state index contributed by atoms with van der Waals surface area (Å²) in [6, 6.07) is 17.2. The highest BCUT2D eigenvalue weighted by Crippen LogP contribution is 2.36. The van der Waals surface area contributed by atoms with Crippen LogP contribution in [0.2, 0.25) is 0 Å². The number of pyridine rings is 2. The predicted molar refractivity (Wildman–Crippen MR) is 147 cm³/mol. The third-order valence-electron chi connectivity index (χ3n) is 8.49. The summed E-state index contributed by atoms with van der Waals surface area (Å²) in [6.07, 6.45) is 8.03. The van der Waals surface area contributed by atoms with Gasteiger partial charge in [-0.15, -0.1) is 0 Å². The van der Waals surface area contributed by atoms with Crippen LogP contribution in [0, 0.1) is 35.5 Å². The van der Waals surface area contributed by atoms with Crippen LogP contribution in [0.1, 0.15) is 61.8 Å². The molecule has 0 unspecified atom stereocenters. The molecule has 2 fully saturated rings. The zero-order valence-corrected chi connectivity index (χ0v) is 21.9. The van der Waals surface area contributed by atoms with Crippen LogP contribution in [0.4, 0.5) is 11.4 Å². The highest BCUT2D eigenvalue weighted by atomic mass is 16.1. The van der Waals surface area contributed by atoms with Gasteiger partial charge in [-0.2, -0.15) is 10.5 Å². The van der Waals surface area contributed by atoms with E-state index in [-0.39, 0.29) is 22.9 Å². The molecule has 5 rings (SSSR count). The van der Waals surface area contributed by atoms with E-state index in [1.165, 1.54) is 35.1 Å². The minimum absolute atomic E-state index is 0.0912. The highest BCUT2D eigenvalue weighted by Gasteiger charge is 2.32. The first-order chi connectivity index (χ1) is 17.9. The topological polar surface area (TPSA) is 89.0 Å². The fraction of sp³-hybridized carbons (Fsp3) is 0.467. The molecule has 1 aromatic carbocycles. The summed E-state index contributed by atoms with van der Waals surface area (Å²) < 4.78 is 1.45. The summed E-state index contributed by atoms with van der Waals surface area (Å²) in [5.74, 6) is 0.784. The molecular weight excluding hydrogens is 460 g/mol. The van der Waals surface area contributed by atoms with Crippen molar-refractivity contribution in [2.24, 2.45) is 13.0 Å². The van der Waals surface area contributed by atoms with Crippen LogP contribution in [-0.2, 0) is 7.05 Å². The standard InChI is InChI=1S/C30H34N6O/c1-20-7-10-24(11-8-20)36(19-21-5-4-6-21)25-14-12-23(13-15-25)34(2)29-26(18-32)30(37)35(3)27-16-9-22(17-31)33-28(27)29/h7-11,16,21,23,25H,4-6,12-15,19H2,1-3H3/t23-,25-. The lowest BCUT2D eigenvalue weighted by atomic mass is 9.83. The maximum atomic E-state index is 13.0. The molecule has 2 heterocycles. The third kappa shape index (κ3) is 4.67. The fourth-order valence-corrected chi connectivity index (χ4v) is 5.99. The predicted octanol–water partition coefficient (Wildman–Crippen LogP) is 5.04. The van der Waals surface area contributed by atoms with E-state index < -0.39 is 0 Å². The molecule has 0 radical (unpaired) electrons. The Morgan fingerprint density at radius 2 is 1.65 bits per heavy atom. The molecule has 190 valence electrons. The third-order valence-corrected chi connectivity index (χ3v) is 8.49. The van der Waals surface area contributed by atoms with Gasteiger partial charge in [0.2, 0.25) is 0 Å². The van der Waals surface area contributed by atoms with E-state index in [0.29, 0.717) is 22.8 Å². The Labute approximate surface area is 218 Å². The van der Waals surface area contributed by atoms with Crippen molar-refractivity contribution in [3.63, 3.8) is 0 Å². The van der Waals surface area contributed by atoms with Gasteiger partial charge in [0.15, 0.2) is 0 Å². The molecule has 0 spiro atoms. The number of aryl methyl sites for hydroxylation is 2. The average molecular weight is 495 g/mol. The van der Waals surface area contributed by atoms with Crippen LogP contribution in [0.25, 0.3) is 11.0 Å². The number of benzene rings is 1. The average Bonchev–Trinajstić information content (AvgIpc) is 2.90. The van der Waals surface area contributed by atoms with Gasteiger partial charge in [0, 0.05) is 38.4 Å². The van der Waals surface area contributed by atoms with Crippen LogP contribution in [0.15, 0.2) is 41.2 Å². The summed E-state index contributed by atoms with van der Waals surface area (Å²) >= 11 is 0. The first-order valence-electron chi connectivity index (χ1n) is 13.3. The maximum absolute atomic E-state index is 13.0. The van der Waals surface area contributed by atoms with Crippen molar-refractivity contribution in [3.8, 4) is 12.1 Å². The van der Waals surface area contributed by atoms with Gasteiger partial charge in [0.05, 0.1) is 11.2 Å². The Bertz CT molecular complexity index is 1430. The van der Waals surface area contributed by atoms with Crippen LogP contribution >= 0.6 is 0 Å². The van der Waals surface area contributed by atoms with E-state index in [1.807, 2.05) is 7.05 Å². The number of anilines is 2. The normalized spacial score (nSPS) is 19.6. The summed E-state index contributed by atoms with van der Waals surface area (Å²) in [5, 5.41) is 19.4. The van der Waals surface area contributed by atoms with Crippen molar-refractivity contribution in [1.82, 2.24) is 9.55 Å². The van der Waals surface area contributed by atoms with Gasteiger partial charge < -0.3 is 14.4 Å². The van der Waals surface area contributed by atoms with Gasteiger partial charge in [-0.1, -0.05) is 24.1 Å². The second kappa shape index (κ2) is 10.3. The van der Waals surface area contributed by atoms with E-state index >= 15 is 0 Å². The van der Waals surface area contributed by atoms with Crippen LogP contribution in [0.5, 0.6) is 0 Å². The molecule has 2 saturated carbocycles. The lowest BCUT2D eigenvalue weighted by molar-refractivity contribution is 0.291. The molecule has 3 aromatic rings. The quantitative estimate of drug-likeness (QED) is 0.477. The molecule has 0 saturated heterocycles. The summed E-state index contributed by atoms with van der Waals surface area (Å²) in [6.45, 7) is 3.25. The number of rotatable bonds is 6. The molecule has 0 amide bonds. The summed E-state index contributed by atoms with van der Waals surface area (Å²) in [4.78, 5) is 22.3. The minimum atomic E-state index is -0.330. The van der Waals surface area contributed by atoms with Crippen molar-refractivity contribution in [1.29, 1.82) is 10.5 Å². The largest absolute Gasteiger partial charge is 0.369 e. The monoisotopic (exact) mass is 494 g/mol. The molecule has 0 aliphatic heterocycles. The van der Waals surface area contributed by atoms with E-state index in [0.717, 1.165) is 38.1 Å². The van der Waals surface area contributed by atoms with Crippen molar-refractivity contribution >= 4 is 22.4 Å². The number of nitrogens with zero attached hydrogens (tertiary/aromatic N) is 6. The smallest absolute Gasteiger partial charge is 0.270 e. The van der Waals surface area contributed by atoms with E-state index in [2.05, 4.69) is 58.1 Å². The van der Waals surface area contributed by atoms with Crippen LogP contribution < -0.4 is 15.4 Å².